The van der Waals surface area contributed by atoms with Crippen molar-refractivity contribution in [3.05, 3.63) is 60.1 Å². The Kier molecular flexibility index (Phi) is 5.12. The van der Waals surface area contributed by atoms with Gasteiger partial charge in [0.15, 0.2) is 0 Å². The van der Waals surface area contributed by atoms with Crippen LogP contribution in [0.5, 0.6) is 0 Å². The lowest BCUT2D eigenvalue weighted by atomic mass is 9.93. The number of likely N-dealkylation sites (tertiary alicyclic amines) is 1. The first-order chi connectivity index (χ1) is 12.1. The number of hydrogen-bond acceptors (Lipinski definition) is 4. The molecule has 130 valence electrons. The fraction of sp³-hybridized carbons (Fsp3) is 0.350. The van der Waals surface area contributed by atoms with Crippen molar-refractivity contribution in [1.29, 1.82) is 0 Å². The van der Waals surface area contributed by atoms with Crippen LogP contribution >= 0.6 is 0 Å². The number of carbonyl (C=O) groups is 1. The lowest BCUT2D eigenvalue weighted by Gasteiger charge is -2.32. The molecule has 1 aliphatic rings. The number of rotatable bonds is 4. The summed E-state index contributed by atoms with van der Waals surface area (Å²) in [5.41, 5.74) is 4.06. The van der Waals surface area contributed by atoms with E-state index >= 15 is 0 Å². The van der Waals surface area contributed by atoms with Gasteiger partial charge in [0.25, 0.3) is 0 Å². The molecule has 2 aromatic heterocycles. The minimum absolute atomic E-state index is 0.000174. The standard InChI is InChI=1S/C20H24N4O/c1-4-19(25)24-10-6-8-16(13-24)18-12-17(11-15(3)22-18)23-20-14(2)7-5-9-21-20/h4-5,7,9,11-12,16H,1,6,8,10,13H2,2-3H3,(H,21,22,23)/t16-/m1/s1. The third-order valence-electron chi connectivity index (χ3n) is 4.57. The van der Waals surface area contributed by atoms with E-state index in [0.29, 0.717) is 6.54 Å². The molecule has 1 atom stereocenters. The number of carbonyl (C=O) groups excluding carboxylic acids is 1. The first-order valence-corrected chi connectivity index (χ1v) is 8.65. The third kappa shape index (κ3) is 4.05. The normalized spacial score (nSPS) is 17.2. The molecule has 5 nitrogen and oxygen atoms in total. The maximum atomic E-state index is 11.9. The van der Waals surface area contributed by atoms with E-state index < -0.39 is 0 Å². The highest BCUT2D eigenvalue weighted by Crippen LogP contribution is 2.29. The number of hydrogen-bond donors (Lipinski definition) is 1. The van der Waals surface area contributed by atoms with Crippen molar-refractivity contribution in [2.45, 2.75) is 32.6 Å². The third-order valence-corrected chi connectivity index (χ3v) is 4.57. The Labute approximate surface area is 148 Å². The highest BCUT2D eigenvalue weighted by molar-refractivity contribution is 5.87. The van der Waals surface area contributed by atoms with Crippen LogP contribution in [0.2, 0.25) is 0 Å². The molecule has 3 rings (SSSR count). The van der Waals surface area contributed by atoms with Crippen LogP contribution in [0.15, 0.2) is 43.1 Å². The van der Waals surface area contributed by atoms with Gasteiger partial charge in [-0.2, -0.15) is 0 Å². The second-order valence-corrected chi connectivity index (χ2v) is 6.54. The first kappa shape index (κ1) is 17.1. The summed E-state index contributed by atoms with van der Waals surface area (Å²) in [5, 5.41) is 3.39. The summed E-state index contributed by atoms with van der Waals surface area (Å²) in [6.45, 7) is 9.12. The number of nitrogens with zero attached hydrogens (tertiary/aromatic N) is 3. The van der Waals surface area contributed by atoms with E-state index in [9.17, 15) is 4.79 Å². The van der Waals surface area contributed by atoms with E-state index in [1.807, 2.05) is 36.9 Å². The zero-order valence-corrected chi connectivity index (χ0v) is 14.8. The summed E-state index contributed by atoms with van der Waals surface area (Å²) in [6, 6.07) is 8.06. The minimum Gasteiger partial charge on any atom is -0.340 e. The van der Waals surface area contributed by atoms with Crippen molar-refractivity contribution in [3.63, 3.8) is 0 Å². The number of piperidine rings is 1. The lowest BCUT2D eigenvalue weighted by molar-refractivity contribution is -0.127. The summed E-state index contributed by atoms with van der Waals surface area (Å²) in [4.78, 5) is 22.9. The highest BCUT2D eigenvalue weighted by atomic mass is 16.2. The van der Waals surface area contributed by atoms with Gasteiger partial charge in [0.1, 0.15) is 5.82 Å². The van der Waals surface area contributed by atoms with Crippen molar-refractivity contribution in [1.82, 2.24) is 14.9 Å². The Balaban J connectivity index is 1.83. The number of anilines is 2. The van der Waals surface area contributed by atoms with Gasteiger partial charge >= 0.3 is 0 Å². The number of amides is 1. The molecule has 1 amide bonds. The second-order valence-electron chi connectivity index (χ2n) is 6.54. The van der Waals surface area contributed by atoms with Crippen LogP contribution in [0.25, 0.3) is 0 Å². The Bertz CT molecular complexity index is 787. The van der Waals surface area contributed by atoms with E-state index in [4.69, 9.17) is 4.98 Å². The SMILES string of the molecule is C=CC(=O)N1CCC[C@@H](c2cc(Nc3ncccc3C)cc(C)n2)C1. The average Bonchev–Trinajstić information content (AvgIpc) is 2.62. The highest BCUT2D eigenvalue weighted by Gasteiger charge is 2.24. The summed E-state index contributed by atoms with van der Waals surface area (Å²) < 4.78 is 0. The zero-order valence-electron chi connectivity index (χ0n) is 14.8. The van der Waals surface area contributed by atoms with Crippen LogP contribution in [0.3, 0.4) is 0 Å². The summed E-state index contributed by atoms with van der Waals surface area (Å²) in [6.07, 6.45) is 5.20. The van der Waals surface area contributed by atoms with E-state index in [1.165, 1.54) is 6.08 Å². The van der Waals surface area contributed by atoms with E-state index in [1.54, 1.807) is 6.20 Å². The molecule has 1 N–H and O–H groups in total. The Morgan fingerprint density at radius 1 is 1.40 bits per heavy atom. The summed E-state index contributed by atoms with van der Waals surface area (Å²) >= 11 is 0. The van der Waals surface area contributed by atoms with Crippen LogP contribution in [-0.4, -0.2) is 33.9 Å². The molecule has 0 aliphatic carbocycles. The van der Waals surface area contributed by atoms with Crippen LogP contribution in [0.4, 0.5) is 11.5 Å². The smallest absolute Gasteiger partial charge is 0.245 e. The van der Waals surface area contributed by atoms with Gasteiger partial charge in [-0.15, -0.1) is 0 Å². The molecule has 2 aromatic rings. The molecule has 0 saturated carbocycles. The van der Waals surface area contributed by atoms with Crippen molar-refractivity contribution in [2.24, 2.45) is 0 Å². The van der Waals surface area contributed by atoms with Gasteiger partial charge in [0, 0.05) is 42.3 Å². The van der Waals surface area contributed by atoms with E-state index in [2.05, 4.69) is 22.9 Å². The van der Waals surface area contributed by atoms with Crippen molar-refractivity contribution in [3.8, 4) is 0 Å². The number of nitrogens with one attached hydrogen (secondary N) is 1. The van der Waals surface area contributed by atoms with Crippen molar-refractivity contribution >= 4 is 17.4 Å². The molecule has 3 heterocycles. The zero-order chi connectivity index (χ0) is 17.8. The van der Waals surface area contributed by atoms with E-state index in [-0.39, 0.29) is 11.8 Å². The van der Waals surface area contributed by atoms with Crippen molar-refractivity contribution in [2.75, 3.05) is 18.4 Å². The molecule has 0 aromatic carbocycles. The molecular weight excluding hydrogens is 312 g/mol. The summed E-state index contributed by atoms with van der Waals surface area (Å²) in [7, 11) is 0. The fourth-order valence-electron chi connectivity index (χ4n) is 3.28. The fourth-order valence-corrected chi connectivity index (χ4v) is 3.28. The van der Waals surface area contributed by atoms with Gasteiger partial charge in [-0.25, -0.2) is 4.98 Å². The first-order valence-electron chi connectivity index (χ1n) is 8.65. The molecule has 5 heteroatoms. The van der Waals surface area contributed by atoms with Gasteiger partial charge in [-0.1, -0.05) is 12.6 Å². The van der Waals surface area contributed by atoms with Crippen LogP contribution in [0, 0.1) is 13.8 Å². The van der Waals surface area contributed by atoms with Gasteiger partial charge in [-0.3, -0.25) is 9.78 Å². The van der Waals surface area contributed by atoms with Crippen molar-refractivity contribution < 1.29 is 4.79 Å². The van der Waals surface area contributed by atoms with Gasteiger partial charge < -0.3 is 10.2 Å². The molecule has 0 unspecified atom stereocenters. The van der Waals surface area contributed by atoms with Gasteiger partial charge in [0.05, 0.1) is 0 Å². The number of aromatic nitrogens is 2. The number of pyridine rings is 2. The summed E-state index contributed by atoms with van der Waals surface area (Å²) in [5.74, 6) is 1.11. The topological polar surface area (TPSA) is 58.1 Å². The Morgan fingerprint density at radius 3 is 3.00 bits per heavy atom. The molecule has 1 fully saturated rings. The van der Waals surface area contributed by atoms with Crippen LogP contribution in [0.1, 0.15) is 35.7 Å². The predicted molar refractivity (Wildman–Crippen MR) is 100.0 cm³/mol. The Hall–Kier alpha value is -2.69. The van der Waals surface area contributed by atoms with Gasteiger partial charge in [0.2, 0.25) is 5.91 Å². The maximum absolute atomic E-state index is 11.9. The number of aryl methyl sites for hydroxylation is 2. The quantitative estimate of drug-likeness (QED) is 0.864. The van der Waals surface area contributed by atoms with Crippen LogP contribution < -0.4 is 5.32 Å². The molecule has 0 bridgehead atoms. The van der Waals surface area contributed by atoms with Gasteiger partial charge in [-0.05, 0) is 56.5 Å². The van der Waals surface area contributed by atoms with Crippen LogP contribution in [-0.2, 0) is 4.79 Å². The molecule has 1 saturated heterocycles. The molecular formula is C20H24N4O. The molecule has 0 radical (unpaired) electrons. The lowest BCUT2D eigenvalue weighted by Crippen LogP contribution is -2.38. The largest absolute Gasteiger partial charge is 0.340 e. The molecule has 25 heavy (non-hydrogen) atoms. The monoisotopic (exact) mass is 336 g/mol. The Morgan fingerprint density at radius 2 is 2.24 bits per heavy atom. The predicted octanol–water partition coefficient (Wildman–Crippen LogP) is 3.73. The molecule has 0 spiro atoms. The maximum Gasteiger partial charge on any atom is 0.245 e. The van der Waals surface area contributed by atoms with E-state index in [0.717, 1.165) is 47.8 Å². The molecule has 1 aliphatic heterocycles. The second kappa shape index (κ2) is 7.47. The minimum atomic E-state index is -0.000174. The average molecular weight is 336 g/mol.